The van der Waals surface area contributed by atoms with Gasteiger partial charge >= 0.3 is 6.18 Å². The average molecular weight is 493 g/mol. The molecule has 11 heteroatoms. The Bertz CT molecular complexity index is 1160. The van der Waals surface area contributed by atoms with E-state index in [1.54, 1.807) is 37.2 Å². The van der Waals surface area contributed by atoms with Gasteiger partial charge in [-0.15, -0.1) is 0 Å². The highest BCUT2D eigenvalue weighted by atomic mass is 35.5. The van der Waals surface area contributed by atoms with Crippen molar-refractivity contribution in [2.24, 2.45) is 4.99 Å². The van der Waals surface area contributed by atoms with Gasteiger partial charge in [-0.25, -0.2) is 9.98 Å². The van der Waals surface area contributed by atoms with E-state index < -0.39 is 18.0 Å². The Kier molecular flexibility index (Phi) is 7.95. The lowest BCUT2D eigenvalue weighted by molar-refractivity contribution is -0.137. The predicted octanol–water partition coefficient (Wildman–Crippen LogP) is 5.65. The van der Waals surface area contributed by atoms with E-state index in [1.807, 2.05) is 13.0 Å². The summed E-state index contributed by atoms with van der Waals surface area (Å²) in [6.07, 6.45) is -1.62. The van der Waals surface area contributed by atoms with Crippen LogP contribution in [0.4, 0.5) is 30.4 Å². The summed E-state index contributed by atoms with van der Waals surface area (Å²) in [6, 6.07) is 10.2. The first-order valence-corrected chi connectivity index (χ1v) is 10.6. The number of alkyl halides is 3. The van der Waals surface area contributed by atoms with Crippen molar-refractivity contribution in [3.63, 3.8) is 0 Å². The lowest BCUT2D eigenvalue weighted by Crippen LogP contribution is -2.13. The number of benzene rings is 2. The van der Waals surface area contributed by atoms with Gasteiger partial charge in [0.15, 0.2) is 6.23 Å². The van der Waals surface area contributed by atoms with Crippen molar-refractivity contribution in [1.29, 1.82) is 0 Å². The topological polar surface area (TPSA) is 85.7 Å². The van der Waals surface area contributed by atoms with E-state index in [9.17, 15) is 18.3 Å². The molecule has 0 aliphatic rings. The second kappa shape index (κ2) is 10.7. The van der Waals surface area contributed by atoms with Crippen LogP contribution in [0.1, 0.15) is 35.9 Å². The molecule has 3 aromatic rings. The van der Waals surface area contributed by atoms with E-state index in [4.69, 9.17) is 11.6 Å². The fourth-order valence-electron chi connectivity index (χ4n) is 3.07. The summed E-state index contributed by atoms with van der Waals surface area (Å²) in [7, 11) is 3.41. The summed E-state index contributed by atoms with van der Waals surface area (Å²) in [5, 5.41) is 16.9. The summed E-state index contributed by atoms with van der Waals surface area (Å²) in [5.74, 6) is 0.494. The molecular formula is C23H24ClF3N6O. The van der Waals surface area contributed by atoms with Crippen molar-refractivity contribution in [1.82, 2.24) is 14.9 Å². The molecule has 0 aliphatic carbocycles. The van der Waals surface area contributed by atoms with Gasteiger partial charge in [0.1, 0.15) is 11.0 Å². The van der Waals surface area contributed by atoms with Crippen LogP contribution in [0.3, 0.4) is 0 Å². The monoisotopic (exact) mass is 492 g/mol. The van der Waals surface area contributed by atoms with E-state index in [1.165, 1.54) is 24.8 Å². The van der Waals surface area contributed by atoms with Crippen LogP contribution in [0.25, 0.3) is 0 Å². The van der Waals surface area contributed by atoms with Crippen LogP contribution in [0, 0.1) is 0 Å². The normalized spacial score (nSPS) is 13.5. The number of nitrogens with zero attached hydrogens (tertiary/aromatic N) is 4. The second-order valence-corrected chi connectivity index (χ2v) is 8.17. The molecule has 0 amide bonds. The number of rotatable bonds is 8. The number of aromatic nitrogens is 2. The highest BCUT2D eigenvalue weighted by Gasteiger charge is 2.32. The Morgan fingerprint density at radius 1 is 1.09 bits per heavy atom. The van der Waals surface area contributed by atoms with E-state index >= 15 is 0 Å². The molecule has 0 saturated carbocycles. The Hall–Kier alpha value is -3.37. The van der Waals surface area contributed by atoms with E-state index in [-0.39, 0.29) is 22.4 Å². The SMILES string of the molecule is CC(Nc1cncc(Cl)n1)c1cccc(NC(O)c2cc(N=CN(C)C)cc(C(F)(F)F)c2)c1. The first kappa shape index (κ1) is 25.3. The minimum atomic E-state index is -4.58. The highest BCUT2D eigenvalue weighted by molar-refractivity contribution is 6.29. The van der Waals surface area contributed by atoms with Crippen molar-refractivity contribution in [2.45, 2.75) is 25.4 Å². The zero-order valence-electron chi connectivity index (χ0n) is 18.7. The second-order valence-electron chi connectivity index (χ2n) is 7.78. The zero-order chi connectivity index (χ0) is 24.9. The molecule has 0 spiro atoms. The summed E-state index contributed by atoms with van der Waals surface area (Å²) < 4.78 is 40.2. The molecule has 0 radical (unpaired) electrons. The van der Waals surface area contributed by atoms with E-state index in [0.717, 1.165) is 17.7 Å². The minimum Gasteiger partial charge on any atom is -0.369 e. The third-order valence-electron chi connectivity index (χ3n) is 4.68. The Labute approximate surface area is 200 Å². The van der Waals surface area contributed by atoms with Crippen LogP contribution < -0.4 is 10.6 Å². The molecule has 1 aromatic heterocycles. The van der Waals surface area contributed by atoms with Gasteiger partial charge in [-0.2, -0.15) is 13.2 Å². The van der Waals surface area contributed by atoms with Gasteiger partial charge in [0, 0.05) is 25.3 Å². The van der Waals surface area contributed by atoms with Crippen LogP contribution >= 0.6 is 11.6 Å². The van der Waals surface area contributed by atoms with Gasteiger partial charge < -0.3 is 20.6 Å². The maximum Gasteiger partial charge on any atom is 0.416 e. The molecule has 3 N–H and O–H groups in total. The zero-order valence-corrected chi connectivity index (χ0v) is 19.4. The van der Waals surface area contributed by atoms with Crippen LogP contribution in [-0.2, 0) is 6.18 Å². The maximum atomic E-state index is 13.4. The first-order chi connectivity index (χ1) is 16.0. The third kappa shape index (κ3) is 7.06. The lowest BCUT2D eigenvalue weighted by Gasteiger charge is -2.19. The smallest absolute Gasteiger partial charge is 0.369 e. The number of aliphatic hydroxyl groups is 1. The van der Waals surface area contributed by atoms with Gasteiger partial charge in [0.25, 0.3) is 0 Å². The van der Waals surface area contributed by atoms with Gasteiger partial charge in [-0.1, -0.05) is 23.7 Å². The molecule has 34 heavy (non-hydrogen) atoms. The largest absolute Gasteiger partial charge is 0.416 e. The standard InChI is InChI=1S/C23H24ClF3N6O/c1-14(30-21-12-28-11-20(24)32-21)15-5-4-6-18(8-15)31-22(34)16-7-17(23(25,26)27)10-19(9-16)29-13-33(2)3/h4-14,22,31,34H,1-3H3,(H,30,32). The van der Waals surface area contributed by atoms with E-state index in [2.05, 4.69) is 25.6 Å². The Morgan fingerprint density at radius 2 is 1.85 bits per heavy atom. The van der Waals surface area contributed by atoms with Gasteiger partial charge in [-0.3, -0.25) is 4.98 Å². The molecule has 2 aromatic carbocycles. The number of nitrogens with one attached hydrogen (secondary N) is 2. The van der Waals surface area contributed by atoms with Gasteiger partial charge in [0.05, 0.1) is 36.0 Å². The molecule has 3 rings (SSSR count). The van der Waals surface area contributed by atoms with E-state index in [0.29, 0.717) is 11.5 Å². The summed E-state index contributed by atoms with van der Waals surface area (Å²) in [6.45, 7) is 1.90. The molecule has 2 atom stereocenters. The fourth-order valence-corrected chi connectivity index (χ4v) is 3.22. The number of aliphatic hydroxyl groups excluding tert-OH is 1. The predicted molar refractivity (Wildman–Crippen MR) is 127 cm³/mol. The number of halogens is 4. The van der Waals surface area contributed by atoms with Crippen LogP contribution in [0.5, 0.6) is 0 Å². The Balaban J connectivity index is 1.81. The molecule has 0 bridgehead atoms. The maximum absolute atomic E-state index is 13.4. The van der Waals surface area contributed by atoms with Crippen molar-refractivity contribution in [3.8, 4) is 0 Å². The van der Waals surface area contributed by atoms with Crippen molar-refractivity contribution >= 4 is 35.1 Å². The number of aliphatic imine (C=N–C) groups is 1. The summed E-state index contributed by atoms with van der Waals surface area (Å²) in [5.41, 5.74) is 0.580. The first-order valence-electron chi connectivity index (χ1n) is 10.2. The quantitative estimate of drug-likeness (QED) is 0.214. The number of hydrogen-bond donors (Lipinski definition) is 3. The van der Waals surface area contributed by atoms with Crippen molar-refractivity contribution in [3.05, 3.63) is 76.7 Å². The van der Waals surface area contributed by atoms with Gasteiger partial charge in [-0.05, 0) is 42.8 Å². The van der Waals surface area contributed by atoms with Crippen LogP contribution in [0.2, 0.25) is 5.15 Å². The molecule has 7 nitrogen and oxygen atoms in total. The number of anilines is 2. The lowest BCUT2D eigenvalue weighted by atomic mass is 10.1. The number of hydrogen-bond acceptors (Lipinski definition) is 6. The molecule has 0 fully saturated rings. The molecule has 0 aliphatic heterocycles. The van der Waals surface area contributed by atoms with Crippen LogP contribution in [-0.4, -0.2) is 40.4 Å². The molecular weight excluding hydrogens is 469 g/mol. The Morgan fingerprint density at radius 3 is 2.53 bits per heavy atom. The summed E-state index contributed by atoms with van der Waals surface area (Å²) >= 11 is 5.87. The highest BCUT2D eigenvalue weighted by Crippen LogP contribution is 2.34. The average Bonchev–Trinajstić information content (AvgIpc) is 2.77. The summed E-state index contributed by atoms with van der Waals surface area (Å²) in [4.78, 5) is 13.8. The molecule has 180 valence electrons. The van der Waals surface area contributed by atoms with Crippen LogP contribution in [0.15, 0.2) is 59.9 Å². The van der Waals surface area contributed by atoms with Crippen molar-refractivity contribution in [2.75, 3.05) is 24.7 Å². The third-order valence-corrected chi connectivity index (χ3v) is 4.86. The molecule has 0 saturated heterocycles. The van der Waals surface area contributed by atoms with Crippen molar-refractivity contribution < 1.29 is 18.3 Å². The molecule has 2 unspecified atom stereocenters. The fraction of sp³-hybridized carbons (Fsp3) is 0.261. The minimum absolute atomic E-state index is 0.0338. The molecule has 1 heterocycles. The van der Waals surface area contributed by atoms with Gasteiger partial charge in [0.2, 0.25) is 0 Å².